The van der Waals surface area contributed by atoms with Gasteiger partial charge in [0.15, 0.2) is 0 Å². The molecule has 3 rings (SSSR count). The maximum absolute atomic E-state index is 11.8. The number of rotatable bonds is 6. The predicted molar refractivity (Wildman–Crippen MR) is 92.0 cm³/mol. The number of thiophene rings is 1. The lowest BCUT2D eigenvalue weighted by atomic mass is 10.2. The van der Waals surface area contributed by atoms with Crippen LogP contribution in [0.1, 0.15) is 31.4 Å². The molecule has 0 spiro atoms. The fourth-order valence-electron chi connectivity index (χ4n) is 2.48. The Labute approximate surface area is 137 Å². The Kier molecular flexibility index (Phi) is 5.32. The molecule has 112 valence electrons. The van der Waals surface area contributed by atoms with Crippen molar-refractivity contribution in [2.75, 3.05) is 5.75 Å². The van der Waals surface area contributed by atoms with Crippen LogP contribution in [0.4, 0.5) is 0 Å². The minimum atomic E-state index is 0.167. The molecule has 1 amide bonds. The zero-order chi connectivity index (χ0) is 14.5. The van der Waals surface area contributed by atoms with Gasteiger partial charge in [-0.05, 0) is 24.3 Å². The van der Waals surface area contributed by atoms with E-state index in [1.165, 1.54) is 18.4 Å². The molecule has 3 nitrogen and oxygen atoms in total. The Bertz CT molecular complexity index is 574. The fraction of sp³-hybridized carbons (Fsp3) is 0.467. The first kappa shape index (κ1) is 15.1. The quantitative estimate of drug-likeness (QED) is 0.860. The second-order valence-corrected chi connectivity index (χ2v) is 7.82. The van der Waals surface area contributed by atoms with E-state index >= 15 is 0 Å². The molecule has 2 aromatic heterocycles. The third kappa shape index (κ3) is 4.31. The standard InChI is InChI=1S/C15H18N2OS3/c18-14(16-12-3-1-2-4-12)10-20-8-13-9-21-15(17-13)11-5-6-19-7-11/h5-7,9,12H,1-4,8,10H2,(H,16,18). The lowest BCUT2D eigenvalue weighted by molar-refractivity contribution is -0.119. The molecule has 0 saturated heterocycles. The molecule has 2 aromatic rings. The average Bonchev–Trinajstić information content (AvgIpc) is 3.21. The Balaban J connectivity index is 1.42. The largest absolute Gasteiger partial charge is 0.353 e. The van der Waals surface area contributed by atoms with Crippen LogP contribution >= 0.6 is 34.4 Å². The highest BCUT2D eigenvalue weighted by Crippen LogP contribution is 2.27. The fourth-order valence-corrected chi connectivity index (χ4v) is 4.84. The van der Waals surface area contributed by atoms with Crippen LogP contribution in [0, 0.1) is 0 Å². The molecule has 0 unspecified atom stereocenters. The third-order valence-electron chi connectivity index (χ3n) is 3.52. The molecule has 0 aliphatic heterocycles. The van der Waals surface area contributed by atoms with E-state index in [9.17, 15) is 4.79 Å². The van der Waals surface area contributed by atoms with E-state index in [0.717, 1.165) is 29.3 Å². The highest BCUT2D eigenvalue weighted by Gasteiger charge is 2.16. The molecule has 1 fully saturated rings. The van der Waals surface area contributed by atoms with Crippen molar-refractivity contribution in [1.82, 2.24) is 10.3 Å². The smallest absolute Gasteiger partial charge is 0.230 e. The van der Waals surface area contributed by atoms with Gasteiger partial charge in [0.1, 0.15) is 5.01 Å². The van der Waals surface area contributed by atoms with Crippen molar-refractivity contribution >= 4 is 40.3 Å². The Morgan fingerprint density at radius 3 is 3.00 bits per heavy atom. The molecule has 6 heteroatoms. The molecule has 0 atom stereocenters. The average molecular weight is 339 g/mol. The Morgan fingerprint density at radius 2 is 2.24 bits per heavy atom. The normalized spacial score (nSPS) is 15.4. The van der Waals surface area contributed by atoms with Crippen molar-refractivity contribution in [3.8, 4) is 10.6 Å². The van der Waals surface area contributed by atoms with E-state index in [1.54, 1.807) is 34.4 Å². The van der Waals surface area contributed by atoms with Crippen LogP contribution in [-0.2, 0) is 10.5 Å². The summed E-state index contributed by atoms with van der Waals surface area (Å²) in [4.78, 5) is 16.5. The number of aromatic nitrogens is 1. The number of hydrogen-bond donors (Lipinski definition) is 1. The van der Waals surface area contributed by atoms with Gasteiger partial charge in [-0.3, -0.25) is 4.79 Å². The molecular weight excluding hydrogens is 320 g/mol. The van der Waals surface area contributed by atoms with Crippen molar-refractivity contribution in [2.24, 2.45) is 0 Å². The topological polar surface area (TPSA) is 42.0 Å². The van der Waals surface area contributed by atoms with Crippen molar-refractivity contribution < 1.29 is 4.79 Å². The highest BCUT2D eigenvalue weighted by atomic mass is 32.2. The van der Waals surface area contributed by atoms with Crippen molar-refractivity contribution in [3.63, 3.8) is 0 Å². The maximum Gasteiger partial charge on any atom is 0.230 e. The summed E-state index contributed by atoms with van der Waals surface area (Å²) in [6, 6.07) is 2.51. The number of thiazole rings is 1. The van der Waals surface area contributed by atoms with E-state index in [0.29, 0.717) is 11.8 Å². The summed E-state index contributed by atoms with van der Waals surface area (Å²) in [7, 11) is 0. The lowest BCUT2D eigenvalue weighted by Gasteiger charge is -2.11. The summed E-state index contributed by atoms with van der Waals surface area (Å²) in [5, 5.41) is 10.5. The summed E-state index contributed by atoms with van der Waals surface area (Å²) in [6.45, 7) is 0. The number of carbonyl (C=O) groups excluding carboxylic acids is 1. The van der Waals surface area contributed by atoms with E-state index in [4.69, 9.17) is 0 Å². The maximum atomic E-state index is 11.8. The molecule has 0 bridgehead atoms. The van der Waals surface area contributed by atoms with Crippen molar-refractivity contribution in [3.05, 3.63) is 27.9 Å². The van der Waals surface area contributed by atoms with Crippen LogP contribution in [0.2, 0.25) is 0 Å². The molecule has 21 heavy (non-hydrogen) atoms. The summed E-state index contributed by atoms with van der Waals surface area (Å²) >= 11 is 5.01. The number of nitrogens with zero attached hydrogens (tertiary/aromatic N) is 1. The van der Waals surface area contributed by atoms with Crippen molar-refractivity contribution in [2.45, 2.75) is 37.5 Å². The summed E-state index contributed by atoms with van der Waals surface area (Å²) in [6.07, 6.45) is 4.80. The first-order valence-electron chi connectivity index (χ1n) is 7.15. The summed E-state index contributed by atoms with van der Waals surface area (Å²) < 4.78 is 0. The molecular formula is C15H18N2OS3. The van der Waals surface area contributed by atoms with Crippen LogP contribution in [-0.4, -0.2) is 22.7 Å². The van der Waals surface area contributed by atoms with Crippen LogP contribution in [0.25, 0.3) is 10.6 Å². The Hall–Kier alpha value is -0.850. The minimum absolute atomic E-state index is 0.167. The zero-order valence-electron chi connectivity index (χ0n) is 11.7. The number of hydrogen-bond acceptors (Lipinski definition) is 5. The van der Waals surface area contributed by atoms with Gasteiger partial charge < -0.3 is 5.32 Å². The lowest BCUT2D eigenvalue weighted by Crippen LogP contribution is -2.33. The predicted octanol–water partition coefficient (Wildman–Crippen LogP) is 4.16. The van der Waals surface area contributed by atoms with Gasteiger partial charge in [0, 0.05) is 28.1 Å². The van der Waals surface area contributed by atoms with Crippen LogP contribution in [0.3, 0.4) is 0 Å². The van der Waals surface area contributed by atoms with Crippen LogP contribution in [0.5, 0.6) is 0 Å². The van der Waals surface area contributed by atoms with Gasteiger partial charge in [-0.15, -0.1) is 23.1 Å². The third-order valence-corrected chi connectivity index (χ3v) is 6.11. The minimum Gasteiger partial charge on any atom is -0.353 e. The van der Waals surface area contributed by atoms with Crippen LogP contribution < -0.4 is 5.32 Å². The van der Waals surface area contributed by atoms with E-state index in [1.807, 2.05) is 0 Å². The van der Waals surface area contributed by atoms with Gasteiger partial charge in [0.2, 0.25) is 5.91 Å². The van der Waals surface area contributed by atoms with E-state index in [2.05, 4.69) is 32.5 Å². The number of carbonyl (C=O) groups is 1. The summed E-state index contributed by atoms with van der Waals surface area (Å²) in [5.41, 5.74) is 2.26. The van der Waals surface area contributed by atoms with Crippen LogP contribution in [0.15, 0.2) is 22.2 Å². The van der Waals surface area contributed by atoms with Crippen molar-refractivity contribution in [1.29, 1.82) is 0 Å². The van der Waals surface area contributed by atoms with Gasteiger partial charge >= 0.3 is 0 Å². The van der Waals surface area contributed by atoms with Gasteiger partial charge in [0.05, 0.1) is 11.4 Å². The Morgan fingerprint density at radius 1 is 1.38 bits per heavy atom. The number of amides is 1. The first-order valence-corrected chi connectivity index (χ1v) is 10.1. The zero-order valence-corrected chi connectivity index (χ0v) is 14.2. The number of nitrogens with one attached hydrogen (secondary N) is 1. The highest BCUT2D eigenvalue weighted by molar-refractivity contribution is 7.99. The summed E-state index contributed by atoms with van der Waals surface area (Å²) in [5.74, 6) is 1.50. The SMILES string of the molecule is O=C(CSCc1csc(-c2ccsc2)n1)NC1CCCC1. The second kappa shape index (κ2) is 7.42. The van der Waals surface area contributed by atoms with E-state index in [-0.39, 0.29) is 5.91 Å². The van der Waals surface area contributed by atoms with Gasteiger partial charge in [-0.2, -0.15) is 11.3 Å². The molecule has 0 radical (unpaired) electrons. The second-order valence-electron chi connectivity index (χ2n) is 5.20. The molecule has 2 heterocycles. The molecule has 1 saturated carbocycles. The molecule has 1 aliphatic rings. The molecule has 0 aromatic carbocycles. The van der Waals surface area contributed by atoms with Gasteiger partial charge in [-0.25, -0.2) is 4.98 Å². The number of thioether (sulfide) groups is 1. The first-order chi connectivity index (χ1) is 10.3. The van der Waals surface area contributed by atoms with E-state index < -0.39 is 0 Å². The van der Waals surface area contributed by atoms with Gasteiger partial charge in [-0.1, -0.05) is 12.8 Å². The van der Waals surface area contributed by atoms with Gasteiger partial charge in [0.25, 0.3) is 0 Å². The monoisotopic (exact) mass is 338 g/mol. The molecule has 1 aliphatic carbocycles. The molecule has 1 N–H and O–H groups in total.